The number of amides is 2. The topological polar surface area (TPSA) is 111 Å². The minimum absolute atomic E-state index is 0.0136. The molecule has 8 nitrogen and oxygen atoms in total. The van der Waals surface area contributed by atoms with Crippen molar-refractivity contribution in [3.8, 4) is 17.2 Å². The van der Waals surface area contributed by atoms with E-state index in [1.54, 1.807) is 0 Å². The fraction of sp³-hybridized carbons (Fsp3) is 0.391. The van der Waals surface area contributed by atoms with Crippen LogP contribution in [0.4, 0.5) is 17.6 Å². The summed E-state index contributed by atoms with van der Waals surface area (Å²) in [7, 11) is 0. The molecule has 0 bridgehead atoms. The van der Waals surface area contributed by atoms with Crippen LogP contribution in [0.3, 0.4) is 0 Å². The van der Waals surface area contributed by atoms with Gasteiger partial charge in [-0.05, 0) is 29.8 Å². The number of hydrogen-bond acceptors (Lipinski definition) is 6. The van der Waals surface area contributed by atoms with E-state index in [4.69, 9.17) is 20.3 Å². The van der Waals surface area contributed by atoms with Crippen LogP contribution in [0.1, 0.15) is 22.3 Å². The van der Waals surface area contributed by atoms with E-state index in [9.17, 15) is 27.2 Å². The number of hydrogen-bond donors (Lipinski definition) is 2. The summed E-state index contributed by atoms with van der Waals surface area (Å²) >= 11 is 0. The Kier molecular flexibility index (Phi) is 8.39. The lowest BCUT2D eigenvalue weighted by atomic mass is 10.0. The van der Waals surface area contributed by atoms with Crippen molar-refractivity contribution in [1.29, 1.82) is 0 Å². The van der Waals surface area contributed by atoms with Gasteiger partial charge in [0.15, 0.2) is 6.17 Å². The molecule has 0 unspecified atom stereocenters. The first-order chi connectivity index (χ1) is 16.6. The summed E-state index contributed by atoms with van der Waals surface area (Å²) in [5, 5.41) is 8.89. The van der Waals surface area contributed by atoms with E-state index in [1.807, 2.05) is 0 Å². The van der Waals surface area contributed by atoms with E-state index in [0.29, 0.717) is 11.3 Å². The third kappa shape index (κ3) is 7.47. The van der Waals surface area contributed by atoms with Crippen molar-refractivity contribution in [3.63, 3.8) is 0 Å². The molecule has 12 heteroatoms. The molecule has 1 aliphatic rings. The number of halogens is 4. The van der Waals surface area contributed by atoms with Gasteiger partial charge >= 0.3 is 6.36 Å². The zero-order valence-electron chi connectivity index (χ0n) is 18.5. The molecule has 190 valence electrons. The second-order valence-electron chi connectivity index (χ2n) is 7.76. The number of nitrogens with two attached hydrogens (primary N) is 1. The van der Waals surface area contributed by atoms with Gasteiger partial charge in [0, 0.05) is 19.0 Å². The van der Waals surface area contributed by atoms with Crippen LogP contribution in [0, 0.1) is 0 Å². The van der Waals surface area contributed by atoms with Gasteiger partial charge in [0.1, 0.15) is 30.0 Å². The Morgan fingerprint density at radius 3 is 2.40 bits per heavy atom. The number of carbonyl (C=O) groups is 2. The van der Waals surface area contributed by atoms with Crippen LogP contribution in [-0.4, -0.2) is 66.8 Å². The number of benzene rings is 2. The zero-order valence-corrected chi connectivity index (χ0v) is 18.5. The summed E-state index contributed by atoms with van der Waals surface area (Å²) in [4.78, 5) is 25.6. The Balaban J connectivity index is 1.59. The highest BCUT2D eigenvalue weighted by atomic mass is 19.4. The van der Waals surface area contributed by atoms with E-state index >= 15 is 0 Å². The summed E-state index contributed by atoms with van der Waals surface area (Å²) in [6, 6.07) is 9.09. The quantitative estimate of drug-likeness (QED) is 0.512. The first kappa shape index (κ1) is 26.1. The minimum Gasteiger partial charge on any atom is -0.491 e. The van der Waals surface area contributed by atoms with Gasteiger partial charge in [0.05, 0.1) is 25.1 Å². The average molecular weight is 500 g/mol. The molecule has 0 aromatic heterocycles. The molecule has 0 saturated carbocycles. The Hall–Kier alpha value is -3.54. The number of primary amides is 1. The van der Waals surface area contributed by atoms with Crippen molar-refractivity contribution in [2.24, 2.45) is 5.73 Å². The number of piperidine rings is 1. The Bertz CT molecular complexity index is 1030. The van der Waals surface area contributed by atoms with Crippen molar-refractivity contribution in [2.75, 3.05) is 26.3 Å². The van der Waals surface area contributed by atoms with Gasteiger partial charge in [0.2, 0.25) is 5.91 Å². The number of rotatable bonds is 9. The molecule has 2 amide bonds. The van der Waals surface area contributed by atoms with Gasteiger partial charge in [-0.15, -0.1) is 13.2 Å². The molecule has 1 heterocycles. The maximum atomic E-state index is 14.9. The second-order valence-corrected chi connectivity index (χ2v) is 7.76. The van der Waals surface area contributed by atoms with Crippen molar-refractivity contribution in [2.45, 2.75) is 31.5 Å². The number of ether oxygens (including phenoxy) is 3. The van der Waals surface area contributed by atoms with Crippen LogP contribution in [0.2, 0.25) is 0 Å². The fourth-order valence-electron chi connectivity index (χ4n) is 3.56. The third-order valence-electron chi connectivity index (χ3n) is 5.20. The maximum absolute atomic E-state index is 14.9. The normalized spacial score (nSPS) is 18.1. The minimum atomic E-state index is -4.81. The average Bonchev–Trinajstić information content (AvgIpc) is 2.79. The second kappa shape index (κ2) is 11.3. The first-order valence-electron chi connectivity index (χ1n) is 10.7. The van der Waals surface area contributed by atoms with Crippen LogP contribution in [0.5, 0.6) is 17.2 Å². The SMILES string of the molecule is NC(=O)c1ccc(OCCO)cc1O[C@@H]1CCN(C(=O)Cc2ccc(OC(F)(F)F)cc2)C[C@@H]1F. The number of likely N-dealkylation sites (tertiary alicyclic amines) is 1. The molecule has 0 spiro atoms. The highest BCUT2D eigenvalue weighted by molar-refractivity contribution is 5.95. The summed E-state index contributed by atoms with van der Waals surface area (Å²) in [5.41, 5.74) is 5.85. The summed E-state index contributed by atoms with van der Waals surface area (Å²) < 4.78 is 66.5. The molecular weight excluding hydrogens is 476 g/mol. The molecule has 0 radical (unpaired) electrons. The Labute approximate surface area is 198 Å². The highest BCUT2D eigenvalue weighted by Gasteiger charge is 2.34. The third-order valence-corrected chi connectivity index (χ3v) is 5.20. The molecule has 1 saturated heterocycles. The molecule has 2 atom stereocenters. The lowest BCUT2D eigenvalue weighted by Gasteiger charge is -2.35. The number of aliphatic hydroxyl groups is 1. The standard InChI is InChI=1S/C23H24F4N2O6/c24-18-13-29(21(31)11-14-1-3-15(4-2-14)35-23(25,26)27)8-7-19(18)34-20-12-16(33-10-9-30)5-6-17(20)22(28)32/h1-6,12,18-19,30H,7-11,13H2,(H2,28,32)/t18-,19+/m0/s1. The predicted molar refractivity (Wildman–Crippen MR) is 115 cm³/mol. The summed E-state index contributed by atoms with van der Waals surface area (Å²) in [6.45, 7) is -0.296. The molecular formula is C23H24F4N2O6. The Morgan fingerprint density at radius 1 is 1.11 bits per heavy atom. The lowest BCUT2D eigenvalue weighted by Crippen LogP contribution is -2.49. The smallest absolute Gasteiger partial charge is 0.491 e. The molecule has 3 N–H and O–H groups in total. The van der Waals surface area contributed by atoms with Gasteiger partial charge in [0.25, 0.3) is 5.91 Å². The van der Waals surface area contributed by atoms with E-state index in [1.165, 1.54) is 35.2 Å². The van der Waals surface area contributed by atoms with Gasteiger partial charge < -0.3 is 30.0 Å². The largest absolute Gasteiger partial charge is 0.573 e. The lowest BCUT2D eigenvalue weighted by molar-refractivity contribution is -0.274. The molecule has 2 aromatic carbocycles. The maximum Gasteiger partial charge on any atom is 0.573 e. The van der Waals surface area contributed by atoms with Gasteiger partial charge in [-0.2, -0.15) is 0 Å². The fourth-order valence-corrected chi connectivity index (χ4v) is 3.56. The first-order valence-corrected chi connectivity index (χ1v) is 10.7. The molecule has 1 fully saturated rings. The number of nitrogens with zero attached hydrogens (tertiary/aromatic N) is 1. The number of aliphatic hydroxyl groups excluding tert-OH is 1. The van der Waals surface area contributed by atoms with E-state index in [0.717, 1.165) is 12.1 Å². The van der Waals surface area contributed by atoms with Crippen LogP contribution >= 0.6 is 0 Å². The van der Waals surface area contributed by atoms with E-state index < -0.39 is 36.2 Å². The van der Waals surface area contributed by atoms with Gasteiger partial charge in [-0.25, -0.2) is 4.39 Å². The Morgan fingerprint density at radius 2 is 1.80 bits per heavy atom. The van der Waals surface area contributed by atoms with E-state index in [-0.39, 0.29) is 50.5 Å². The van der Waals surface area contributed by atoms with Gasteiger partial charge in [-0.1, -0.05) is 12.1 Å². The van der Waals surface area contributed by atoms with Crippen molar-refractivity contribution < 1.29 is 46.5 Å². The predicted octanol–water partition coefficient (Wildman–Crippen LogP) is 2.62. The molecule has 1 aliphatic heterocycles. The van der Waals surface area contributed by atoms with Crippen LogP contribution in [0.15, 0.2) is 42.5 Å². The highest BCUT2D eigenvalue weighted by Crippen LogP contribution is 2.29. The number of alkyl halides is 4. The van der Waals surface area contributed by atoms with E-state index in [2.05, 4.69) is 4.74 Å². The van der Waals surface area contributed by atoms with Gasteiger partial charge in [-0.3, -0.25) is 9.59 Å². The molecule has 0 aliphatic carbocycles. The van der Waals surface area contributed by atoms with Crippen LogP contribution < -0.4 is 19.9 Å². The molecule has 3 rings (SSSR count). The van der Waals surface area contributed by atoms with Crippen LogP contribution in [0.25, 0.3) is 0 Å². The summed E-state index contributed by atoms with van der Waals surface area (Å²) in [6.07, 6.45) is -7.33. The molecule has 2 aromatic rings. The van der Waals surface area contributed by atoms with Crippen molar-refractivity contribution in [3.05, 3.63) is 53.6 Å². The number of carbonyl (C=O) groups excluding carboxylic acids is 2. The molecule has 35 heavy (non-hydrogen) atoms. The van der Waals surface area contributed by atoms with Crippen molar-refractivity contribution in [1.82, 2.24) is 4.90 Å². The monoisotopic (exact) mass is 500 g/mol. The summed E-state index contributed by atoms with van der Waals surface area (Å²) in [5.74, 6) is -1.25. The zero-order chi connectivity index (χ0) is 25.6. The van der Waals surface area contributed by atoms with Crippen LogP contribution in [-0.2, 0) is 11.2 Å². The van der Waals surface area contributed by atoms with Crippen molar-refractivity contribution >= 4 is 11.8 Å².